The second-order valence-corrected chi connectivity index (χ2v) is 9.31. The number of halogens is 3. The molecule has 0 atom stereocenters. The van der Waals surface area contributed by atoms with Crippen molar-refractivity contribution in [2.75, 3.05) is 17.8 Å². The summed E-state index contributed by atoms with van der Waals surface area (Å²) in [4.78, 5) is 12.5. The number of carbonyl (C=O) groups is 1. The molecule has 0 saturated carbocycles. The van der Waals surface area contributed by atoms with E-state index in [1.807, 2.05) is 0 Å². The van der Waals surface area contributed by atoms with Gasteiger partial charge >= 0.3 is 12.1 Å². The summed E-state index contributed by atoms with van der Waals surface area (Å²) in [6, 6.07) is 11.6. The third-order valence-corrected chi connectivity index (χ3v) is 6.74. The Labute approximate surface area is 180 Å². The van der Waals surface area contributed by atoms with Crippen LogP contribution in [0.5, 0.6) is 0 Å². The number of aryl methyl sites for hydroxylation is 1. The van der Waals surface area contributed by atoms with Gasteiger partial charge in [0, 0.05) is 18.8 Å². The number of sulfonamides is 1. The molecule has 1 aliphatic heterocycles. The van der Waals surface area contributed by atoms with E-state index in [0.717, 1.165) is 40.9 Å². The highest BCUT2D eigenvalue weighted by molar-refractivity contribution is 7.92. The number of fused-ring (bicyclic) bond motifs is 1. The van der Waals surface area contributed by atoms with Gasteiger partial charge in [-0.2, -0.15) is 13.2 Å². The molecule has 0 aliphatic carbocycles. The number of hydrogen-bond acceptors (Lipinski definition) is 3. The number of amides is 1. The molecule has 0 unspecified atom stereocenters. The Morgan fingerprint density at radius 2 is 1.68 bits per heavy atom. The van der Waals surface area contributed by atoms with Crippen LogP contribution in [-0.4, -0.2) is 38.5 Å². The van der Waals surface area contributed by atoms with Crippen molar-refractivity contribution in [2.24, 2.45) is 0 Å². The van der Waals surface area contributed by atoms with Gasteiger partial charge in [-0.25, -0.2) is 8.42 Å². The van der Waals surface area contributed by atoms with Crippen molar-refractivity contribution >= 4 is 21.6 Å². The number of rotatable bonds is 6. The SMILES string of the molecule is CCCCc1ccc(S(=O)(=O)Nc2ccc3c(c2)CCN(C(=O)C(F)(F)F)CC3)cc1. The van der Waals surface area contributed by atoms with Crippen molar-refractivity contribution in [3.05, 3.63) is 59.2 Å². The number of unbranched alkanes of at least 4 members (excludes halogenated alkanes) is 1. The Kier molecular flexibility index (Phi) is 6.93. The molecule has 5 nitrogen and oxygen atoms in total. The lowest BCUT2D eigenvalue weighted by Crippen LogP contribution is -2.42. The first-order valence-corrected chi connectivity index (χ1v) is 11.7. The first-order chi connectivity index (χ1) is 14.6. The van der Waals surface area contributed by atoms with Gasteiger partial charge in [-0.15, -0.1) is 0 Å². The van der Waals surface area contributed by atoms with Crippen LogP contribution >= 0.6 is 0 Å². The highest BCUT2D eigenvalue weighted by atomic mass is 32.2. The molecule has 9 heteroatoms. The van der Waals surface area contributed by atoms with E-state index in [-0.39, 0.29) is 30.8 Å². The van der Waals surface area contributed by atoms with Gasteiger partial charge in [0.1, 0.15) is 0 Å². The quantitative estimate of drug-likeness (QED) is 0.707. The van der Waals surface area contributed by atoms with Crippen LogP contribution < -0.4 is 4.72 Å². The molecule has 1 aliphatic rings. The molecule has 0 radical (unpaired) electrons. The van der Waals surface area contributed by atoms with Crippen LogP contribution in [-0.2, 0) is 34.1 Å². The van der Waals surface area contributed by atoms with Crippen molar-refractivity contribution in [3.8, 4) is 0 Å². The summed E-state index contributed by atoms with van der Waals surface area (Å²) in [6.45, 7) is 2.00. The Balaban J connectivity index is 1.72. The minimum absolute atomic E-state index is 0.0270. The van der Waals surface area contributed by atoms with E-state index < -0.39 is 22.1 Å². The highest BCUT2D eigenvalue weighted by Gasteiger charge is 2.42. The van der Waals surface area contributed by atoms with Gasteiger partial charge in [0.05, 0.1) is 4.90 Å². The third-order valence-electron chi connectivity index (χ3n) is 5.34. The van der Waals surface area contributed by atoms with E-state index >= 15 is 0 Å². The first-order valence-electron chi connectivity index (χ1n) is 10.2. The summed E-state index contributed by atoms with van der Waals surface area (Å²) in [5, 5.41) is 0. The van der Waals surface area contributed by atoms with Crippen molar-refractivity contribution in [2.45, 2.75) is 50.1 Å². The maximum Gasteiger partial charge on any atom is 0.471 e. The molecule has 1 heterocycles. The zero-order valence-corrected chi connectivity index (χ0v) is 18.0. The van der Waals surface area contributed by atoms with E-state index in [4.69, 9.17) is 0 Å². The molecule has 0 aromatic heterocycles. The van der Waals surface area contributed by atoms with Crippen LogP contribution in [0.2, 0.25) is 0 Å². The maximum atomic E-state index is 12.7. The predicted molar refractivity (Wildman–Crippen MR) is 112 cm³/mol. The summed E-state index contributed by atoms with van der Waals surface area (Å²) in [5.41, 5.74) is 2.95. The number of anilines is 1. The van der Waals surface area contributed by atoms with Crippen LogP contribution in [0.4, 0.5) is 18.9 Å². The van der Waals surface area contributed by atoms with E-state index in [1.54, 1.807) is 42.5 Å². The molecule has 1 amide bonds. The lowest BCUT2D eigenvalue weighted by molar-refractivity contribution is -0.185. The number of alkyl halides is 3. The van der Waals surface area contributed by atoms with E-state index in [2.05, 4.69) is 11.6 Å². The third kappa shape index (κ3) is 5.78. The largest absolute Gasteiger partial charge is 0.471 e. The normalized spacial score (nSPS) is 14.6. The molecule has 3 rings (SSSR count). The number of hydrogen-bond donors (Lipinski definition) is 1. The smallest absolute Gasteiger partial charge is 0.334 e. The Morgan fingerprint density at radius 1 is 1.03 bits per heavy atom. The summed E-state index contributed by atoms with van der Waals surface area (Å²) < 4.78 is 66.2. The number of carbonyl (C=O) groups excluding carboxylic acids is 1. The monoisotopic (exact) mass is 454 g/mol. The fourth-order valence-electron chi connectivity index (χ4n) is 3.60. The minimum Gasteiger partial charge on any atom is -0.334 e. The van der Waals surface area contributed by atoms with Crippen molar-refractivity contribution < 1.29 is 26.4 Å². The summed E-state index contributed by atoms with van der Waals surface area (Å²) >= 11 is 0. The molecular formula is C22H25F3N2O3S. The van der Waals surface area contributed by atoms with Crippen molar-refractivity contribution in [1.82, 2.24) is 4.90 Å². The van der Waals surface area contributed by atoms with Crippen LogP contribution in [0, 0.1) is 0 Å². The number of nitrogens with one attached hydrogen (secondary N) is 1. The van der Waals surface area contributed by atoms with Crippen LogP contribution in [0.25, 0.3) is 0 Å². The zero-order valence-electron chi connectivity index (χ0n) is 17.2. The van der Waals surface area contributed by atoms with E-state index in [0.29, 0.717) is 5.69 Å². The molecule has 2 aromatic rings. The molecule has 2 aromatic carbocycles. The molecule has 168 valence electrons. The van der Waals surface area contributed by atoms with Gasteiger partial charge in [-0.05, 0) is 66.6 Å². The molecule has 0 fully saturated rings. The van der Waals surface area contributed by atoms with Crippen LogP contribution in [0.15, 0.2) is 47.4 Å². The van der Waals surface area contributed by atoms with Gasteiger partial charge < -0.3 is 4.90 Å². The summed E-state index contributed by atoms with van der Waals surface area (Å²) in [6.07, 6.45) is -1.41. The molecule has 31 heavy (non-hydrogen) atoms. The summed E-state index contributed by atoms with van der Waals surface area (Å²) in [7, 11) is -3.79. The standard InChI is InChI=1S/C22H25F3N2O3S/c1-2-3-4-16-5-9-20(10-6-16)31(29,30)26-19-8-7-17-11-13-27(14-12-18(17)15-19)21(28)22(23,24)25/h5-10,15,26H,2-4,11-14H2,1H3. The highest BCUT2D eigenvalue weighted by Crippen LogP contribution is 2.25. The molecule has 0 bridgehead atoms. The number of nitrogens with zero attached hydrogens (tertiary/aromatic N) is 1. The van der Waals surface area contributed by atoms with Crippen molar-refractivity contribution in [3.63, 3.8) is 0 Å². The molecular weight excluding hydrogens is 429 g/mol. The summed E-state index contributed by atoms with van der Waals surface area (Å²) in [5.74, 6) is -1.84. The predicted octanol–water partition coefficient (Wildman–Crippen LogP) is 4.32. The zero-order chi connectivity index (χ0) is 22.6. The van der Waals surface area contributed by atoms with E-state index in [1.165, 1.54) is 0 Å². The van der Waals surface area contributed by atoms with Crippen molar-refractivity contribution in [1.29, 1.82) is 0 Å². The van der Waals surface area contributed by atoms with Gasteiger partial charge in [0.15, 0.2) is 0 Å². The Bertz CT molecular complexity index is 1030. The first kappa shape index (κ1) is 23.1. The average molecular weight is 455 g/mol. The minimum atomic E-state index is -4.90. The van der Waals surface area contributed by atoms with Gasteiger partial charge in [0.25, 0.3) is 10.0 Å². The lowest BCUT2D eigenvalue weighted by Gasteiger charge is -2.21. The number of benzene rings is 2. The van der Waals surface area contributed by atoms with Gasteiger partial charge in [-0.1, -0.05) is 31.5 Å². The van der Waals surface area contributed by atoms with Crippen LogP contribution in [0.1, 0.15) is 36.5 Å². The molecule has 0 spiro atoms. The van der Waals surface area contributed by atoms with Gasteiger partial charge in [-0.3, -0.25) is 9.52 Å². The second-order valence-electron chi connectivity index (χ2n) is 7.63. The van der Waals surface area contributed by atoms with E-state index in [9.17, 15) is 26.4 Å². The Hall–Kier alpha value is -2.55. The van der Waals surface area contributed by atoms with Gasteiger partial charge in [0.2, 0.25) is 0 Å². The lowest BCUT2D eigenvalue weighted by atomic mass is 10.0. The average Bonchev–Trinajstić information content (AvgIpc) is 2.93. The van der Waals surface area contributed by atoms with Crippen LogP contribution in [0.3, 0.4) is 0 Å². The molecule has 0 saturated heterocycles. The fourth-order valence-corrected chi connectivity index (χ4v) is 4.65. The topological polar surface area (TPSA) is 66.5 Å². The Morgan fingerprint density at radius 3 is 2.29 bits per heavy atom. The fraction of sp³-hybridized carbons (Fsp3) is 0.409. The molecule has 1 N–H and O–H groups in total. The maximum absolute atomic E-state index is 12.7. The second kappa shape index (κ2) is 9.30.